The second-order valence-electron chi connectivity index (χ2n) is 12.2. The maximum absolute atomic E-state index is 4.49. The predicted molar refractivity (Wildman–Crippen MR) is 158 cm³/mol. The quantitative estimate of drug-likeness (QED) is 0.133. The number of aromatic nitrogens is 1. The molecule has 1 aromatic heterocycles. The lowest BCUT2D eigenvalue weighted by Crippen LogP contribution is -2.25. The fourth-order valence-corrected chi connectivity index (χ4v) is 6.04. The highest BCUT2D eigenvalue weighted by Gasteiger charge is 2.32. The monoisotopic (exact) mass is 485 g/mol. The summed E-state index contributed by atoms with van der Waals surface area (Å²) < 4.78 is 0. The van der Waals surface area contributed by atoms with Gasteiger partial charge < -0.3 is 0 Å². The molecular formula is C34H63N. The van der Waals surface area contributed by atoms with Gasteiger partial charge in [0.2, 0.25) is 0 Å². The third kappa shape index (κ3) is 15.8. The van der Waals surface area contributed by atoms with Gasteiger partial charge in [0.1, 0.15) is 0 Å². The fraction of sp³-hybridized carbons (Fsp3) is 0.853. The molecule has 1 heterocycles. The van der Waals surface area contributed by atoms with Gasteiger partial charge in [-0.2, -0.15) is 0 Å². The van der Waals surface area contributed by atoms with Crippen LogP contribution in [0.2, 0.25) is 0 Å². The van der Waals surface area contributed by atoms with E-state index in [9.17, 15) is 0 Å². The van der Waals surface area contributed by atoms with Crippen molar-refractivity contribution in [3.05, 3.63) is 30.1 Å². The number of pyridine rings is 1. The van der Waals surface area contributed by atoms with Gasteiger partial charge in [-0.3, -0.25) is 4.98 Å². The van der Waals surface area contributed by atoms with E-state index in [-0.39, 0.29) is 0 Å². The van der Waals surface area contributed by atoms with Crippen molar-refractivity contribution in [2.24, 2.45) is 11.3 Å². The molecule has 0 saturated carbocycles. The lowest BCUT2D eigenvalue weighted by Gasteiger charge is -2.37. The molecule has 0 aliphatic carbocycles. The topological polar surface area (TPSA) is 12.9 Å². The summed E-state index contributed by atoms with van der Waals surface area (Å²) >= 11 is 0. The molecule has 0 spiro atoms. The van der Waals surface area contributed by atoms with Crippen molar-refractivity contribution in [3.63, 3.8) is 0 Å². The molecular weight excluding hydrogens is 422 g/mol. The van der Waals surface area contributed by atoms with Gasteiger partial charge in [0, 0.05) is 12.4 Å². The van der Waals surface area contributed by atoms with Gasteiger partial charge in [0.15, 0.2) is 0 Å². The highest BCUT2D eigenvalue weighted by molar-refractivity contribution is 5.17. The van der Waals surface area contributed by atoms with Crippen molar-refractivity contribution >= 4 is 0 Å². The van der Waals surface area contributed by atoms with Crippen LogP contribution in [0, 0.1) is 11.3 Å². The highest BCUT2D eigenvalue weighted by atomic mass is 14.6. The van der Waals surface area contributed by atoms with E-state index in [2.05, 4.69) is 57.9 Å². The average molecular weight is 486 g/mol. The van der Waals surface area contributed by atoms with Gasteiger partial charge in [-0.1, -0.05) is 163 Å². The smallest absolute Gasteiger partial charge is 0.0302 e. The lowest BCUT2D eigenvalue weighted by atomic mass is 9.68. The van der Waals surface area contributed by atoms with Crippen LogP contribution in [0.1, 0.15) is 181 Å². The molecule has 2 atom stereocenters. The normalized spacial score (nSPS) is 13.7. The fourth-order valence-electron chi connectivity index (χ4n) is 6.04. The summed E-state index contributed by atoms with van der Waals surface area (Å²) in [5, 5.41) is 0. The summed E-state index contributed by atoms with van der Waals surface area (Å²) in [6, 6.07) is 4.47. The van der Waals surface area contributed by atoms with Crippen LogP contribution < -0.4 is 0 Å². The Hall–Kier alpha value is -0.850. The Kier molecular flexibility index (Phi) is 19.5. The van der Waals surface area contributed by atoms with Gasteiger partial charge in [-0.25, -0.2) is 0 Å². The Morgan fingerprint density at radius 1 is 0.657 bits per heavy atom. The maximum Gasteiger partial charge on any atom is 0.0302 e. The van der Waals surface area contributed by atoms with Crippen molar-refractivity contribution in [1.82, 2.24) is 4.98 Å². The molecule has 1 rings (SSSR count). The maximum atomic E-state index is 4.49. The molecule has 0 aliphatic rings. The summed E-state index contributed by atoms with van der Waals surface area (Å²) in [5.74, 6) is 1.49. The van der Waals surface area contributed by atoms with E-state index >= 15 is 0 Å². The van der Waals surface area contributed by atoms with Gasteiger partial charge in [0.25, 0.3) is 0 Å². The molecule has 35 heavy (non-hydrogen) atoms. The Morgan fingerprint density at radius 3 is 1.69 bits per heavy atom. The molecule has 0 aromatic carbocycles. The van der Waals surface area contributed by atoms with Crippen LogP contribution in [0.15, 0.2) is 24.5 Å². The van der Waals surface area contributed by atoms with Crippen LogP contribution in [0.4, 0.5) is 0 Å². The third-order valence-electron chi connectivity index (χ3n) is 8.44. The molecule has 2 unspecified atom stereocenters. The minimum atomic E-state index is 0.348. The summed E-state index contributed by atoms with van der Waals surface area (Å²) in [6.45, 7) is 12.0. The minimum absolute atomic E-state index is 0.348. The Balaban J connectivity index is 2.31. The van der Waals surface area contributed by atoms with Crippen molar-refractivity contribution < 1.29 is 0 Å². The molecule has 0 saturated heterocycles. The molecule has 0 fully saturated rings. The highest BCUT2D eigenvalue weighted by Crippen LogP contribution is 2.44. The van der Waals surface area contributed by atoms with Gasteiger partial charge in [-0.05, 0) is 41.7 Å². The number of nitrogens with zero attached hydrogens (tertiary/aromatic N) is 1. The van der Waals surface area contributed by atoms with Crippen LogP contribution in [0.5, 0.6) is 0 Å². The Morgan fingerprint density at radius 2 is 1.20 bits per heavy atom. The molecule has 204 valence electrons. The van der Waals surface area contributed by atoms with Crippen LogP contribution >= 0.6 is 0 Å². The van der Waals surface area contributed by atoms with E-state index < -0.39 is 0 Å². The van der Waals surface area contributed by atoms with E-state index in [0.717, 1.165) is 5.92 Å². The van der Waals surface area contributed by atoms with Gasteiger partial charge in [-0.15, -0.1) is 0 Å². The summed E-state index contributed by atoms with van der Waals surface area (Å²) in [6.07, 6.45) is 33.8. The van der Waals surface area contributed by atoms with Crippen molar-refractivity contribution in [1.29, 1.82) is 0 Å². The Bertz CT molecular complexity index is 563. The summed E-state index contributed by atoms with van der Waals surface area (Å²) in [7, 11) is 0. The van der Waals surface area contributed by atoms with E-state index in [4.69, 9.17) is 0 Å². The number of unbranched alkanes of at least 4 members (excludes halogenated alkanes) is 14. The average Bonchev–Trinajstić information content (AvgIpc) is 2.86. The lowest BCUT2D eigenvalue weighted by molar-refractivity contribution is 0.208. The first kappa shape index (κ1) is 32.2. The van der Waals surface area contributed by atoms with Crippen LogP contribution in [-0.2, 0) is 0 Å². The molecule has 0 amide bonds. The first-order valence-electron chi connectivity index (χ1n) is 15.9. The van der Waals surface area contributed by atoms with Crippen LogP contribution in [0.3, 0.4) is 0 Å². The zero-order valence-corrected chi connectivity index (χ0v) is 24.8. The molecule has 1 aromatic rings. The molecule has 0 radical (unpaired) electrons. The first-order valence-corrected chi connectivity index (χ1v) is 15.9. The third-order valence-corrected chi connectivity index (χ3v) is 8.44. The summed E-state index contributed by atoms with van der Waals surface area (Å²) in [5.41, 5.74) is 1.82. The molecule has 1 nitrogen and oxygen atoms in total. The van der Waals surface area contributed by atoms with E-state index in [1.165, 1.54) is 140 Å². The largest absolute Gasteiger partial charge is 0.264 e. The van der Waals surface area contributed by atoms with Crippen LogP contribution in [0.25, 0.3) is 0 Å². The minimum Gasteiger partial charge on any atom is -0.264 e. The Labute approximate surface area is 221 Å². The molecule has 0 N–H and O–H groups in total. The van der Waals surface area contributed by atoms with Crippen molar-refractivity contribution in [2.75, 3.05) is 0 Å². The zero-order valence-electron chi connectivity index (χ0n) is 24.8. The molecule has 0 bridgehead atoms. The first-order chi connectivity index (χ1) is 17.0. The second kappa shape index (κ2) is 21.3. The SMILES string of the molecule is CCCCCCCCCCCCCCCCC(CCC)CC(c1cccnc1)C(C)(C)CCCC. The molecule has 0 aliphatic heterocycles. The number of rotatable bonds is 24. The van der Waals surface area contributed by atoms with Gasteiger partial charge in [0.05, 0.1) is 0 Å². The van der Waals surface area contributed by atoms with E-state index in [1.807, 2.05) is 6.20 Å². The van der Waals surface area contributed by atoms with Gasteiger partial charge >= 0.3 is 0 Å². The van der Waals surface area contributed by atoms with Crippen molar-refractivity contribution in [2.45, 2.75) is 175 Å². The number of hydrogen-bond acceptors (Lipinski definition) is 1. The standard InChI is InChI=1S/C34H63N/c1-6-9-11-12-13-14-15-16-17-18-19-20-21-22-25-31(24-8-3)29-33(32-26-23-28-35-30-32)34(4,5)27-10-7-2/h23,26,28,30-31,33H,6-22,24-25,27,29H2,1-5H3. The zero-order chi connectivity index (χ0) is 25.6. The van der Waals surface area contributed by atoms with Crippen molar-refractivity contribution in [3.8, 4) is 0 Å². The summed E-state index contributed by atoms with van der Waals surface area (Å²) in [4.78, 5) is 4.49. The van der Waals surface area contributed by atoms with Crippen LogP contribution in [-0.4, -0.2) is 4.98 Å². The predicted octanol–water partition coefficient (Wildman–Crippen LogP) is 12.1. The number of hydrogen-bond donors (Lipinski definition) is 0. The second-order valence-corrected chi connectivity index (χ2v) is 12.2. The van der Waals surface area contributed by atoms with E-state index in [1.54, 1.807) is 0 Å². The van der Waals surface area contributed by atoms with E-state index in [0.29, 0.717) is 11.3 Å². The molecule has 1 heteroatoms.